The van der Waals surface area contributed by atoms with E-state index in [1.54, 1.807) is 6.20 Å². The Kier molecular flexibility index (Phi) is 3.24. The molecular weight excluding hydrogens is 272 g/mol. The van der Waals surface area contributed by atoms with Crippen LogP contribution in [0, 0.1) is 13.8 Å². The third-order valence-electron chi connectivity index (χ3n) is 3.20. The van der Waals surface area contributed by atoms with Crippen LogP contribution in [0.2, 0.25) is 5.15 Å². The third-order valence-corrected chi connectivity index (χ3v) is 3.46. The number of halogens is 1. The Labute approximate surface area is 121 Å². The highest BCUT2D eigenvalue weighted by Crippen LogP contribution is 2.28. The molecule has 2 heterocycles. The second-order valence-electron chi connectivity index (χ2n) is 4.56. The Hall–Kier alpha value is -2.20. The van der Waals surface area contributed by atoms with Crippen LogP contribution in [-0.2, 0) is 0 Å². The zero-order chi connectivity index (χ0) is 14.1. The molecule has 0 saturated heterocycles. The van der Waals surface area contributed by atoms with Crippen LogP contribution in [0.4, 0.5) is 11.5 Å². The summed E-state index contributed by atoms with van der Waals surface area (Å²) >= 11 is 6.15. The van der Waals surface area contributed by atoms with Gasteiger partial charge in [0.25, 0.3) is 0 Å². The van der Waals surface area contributed by atoms with Crippen LogP contribution in [0.25, 0.3) is 10.8 Å². The first-order valence-electron chi connectivity index (χ1n) is 6.25. The van der Waals surface area contributed by atoms with Gasteiger partial charge in [-0.2, -0.15) is 0 Å². The number of benzene rings is 1. The molecule has 0 bridgehead atoms. The summed E-state index contributed by atoms with van der Waals surface area (Å²) in [4.78, 5) is 12.9. The molecule has 100 valence electrons. The van der Waals surface area contributed by atoms with Crippen LogP contribution in [0.15, 0.2) is 36.7 Å². The van der Waals surface area contributed by atoms with E-state index in [9.17, 15) is 0 Å². The predicted octanol–water partition coefficient (Wildman–Crippen LogP) is 4.04. The van der Waals surface area contributed by atoms with E-state index >= 15 is 0 Å². The highest BCUT2D eigenvalue weighted by molar-refractivity contribution is 6.31. The highest BCUT2D eigenvalue weighted by Gasteiger charge is 2.09. The van der Waals surface area contributed by atoms with Crippen molar-refractivity contribution in [2.24, 2.45) is 0 Å². The van der Waals surface area contributed by atoms with Crippen molar-refractivity contribution in [1.29, 1.82) is 0 Å². The number of hydrogen-bond donors (Lipinski definition) is 1. The van der Waals surface area contributed by atoms with Gasteiger partial charge in [-0.25, -0.2) is 9.97 Å². The molecule has 0 atom stereocenters. The fourth-order valence-electron chi connectivity index (χ4n) is 2.01. The second kappa shape index (κ2) is 5.06. The van der Waals surface area contributed by atoms with E-state index in [2.05, 4.69) is 20.3 Å². The van der Waals surface area contributed by atoms with Crippen molar-refractivity contribution in [1.82, 2.24) is 15.0 Å². The monoisotopic (exact) mass is 284 g/mol. The summed E-state index contributed by atoms with van der Waals surface area (Å²) in [5.41, 5.74) is 2.60. The molecular formula is C15H13ClN4. The number of fused-ring (bicyclic) bond motifs is 1. The molecule has 1 N–H and O–H groups in total. The topological polar surface area (TPSA) is 50.7 Å². The molecule has 3 aromatic rings. The Bertz CT molecular complexity index is 781. The lowest BCUT2D eigenvalue weighted by atomic mass is 10.1. The minimum Gasteiger partial charge on any atom is -0.337 e. The first-order valence-corrected chi connectivity index (χ1v) is 6.63. The number of aryl methyl sites for hydroxylation is 2. The van der Waals surface area contributed by atoms with Gasteiger partial charge in [-0.15, -0.1) is 0 Å². The minimum absolute atomic E-state index is 0.369. The summed E-state index contributed by atoms with van der Waals surface area (Å²) < 4.78 is 0. The van der Waals surface area contributed by atoms with Crippen LogP contribution in [0.5, 0.6) is 0 Å². The molecule has 0 spiro atoms. The maximum atomic E-state index is 6.15. The average Bonchev–Trinajstić information content (AvgIpc) is 2.45. The van der Waals surface area contributed by atoms with Gasteiger partial charge >= 0.3 is 0 Å². The van der Waals surface area contributed by atoms with E-state index in [1.165, 1.54) is 0 Å². The number of anilines is 2. The molecule has 0 fully saturated rings. The van der Waals surface area contributed by atoms with E-state index < -0.39 is 0 Å². The summed E-state index contributed by atoms with van der Waals surface area (Å²) in [5, 5.41) is 5.74. The van der Waals surface area contributed by atoms with Crippen molar-refractivity contribution >= 4 is 33.9 Å². The van der Waals surface area contributed by atoms with Crippen molar-refractivity contribution in [3.8, 4) is 0 Å². The molecule has 3 rings (SSSR count). The predicted molar refractivity (Wildman–Crippen MR) is 81.5 cm³/mol. The molecule has 20 heavy (non-hydrogen) atoms. The highest BCUT2D eigenvalue weighted by atomic mass is 35.5. The Morgan fingerprint density at radius 2 is 1.85 bits per heavy atom. The molecule has 0 radical (unpaired) electrons. The average molecular weight is 285 g/mol. The molecule has 2 aromatic heterocycles. The number of nitrogens with zero attached hydrogens (tertiary/aromatic N) is 3. The largest absolute Gasteiger partial charge is 0.337 e. The molecule has 0 amide bonds. The van der Waals surface area contributed by atoms with Gasteiger partial charge in [0.1, 0.15) is 0 Å². The third kappa shape index (κ3) is 2.30. The summed E-state index contributed by atoms with van der Waals surface area (Å²) in [6.07, 6.45) is 3.59. The van der Waals surface area contributed by atoms with Crippen LogP contribution in [0.3, 0.4) is 0 Å². The van der Waals surface area contributed by atoms with Gasteiger partial charge in [-0.3, -0.25) is 4.98 Å². The van der Waals surface area contributed by atoms with Crippen molar-refractivity contribution in [3.63, 3.8) is 0 Å². The summed E-state index contributed by atoms with van der Waals surface area (Å²) in [7, 11) is 0. The first-order chi connectivity index (χ1) is 9.65. The molecule has 5 heteroatoms. The van der Waals surface area contributed by atoms with E-state index in [1.807, 2.05) is 44.3 Å². The van der Waals surface area contributed by atoms with Gasteiger partial charge in [-0.05, 0) is 31.4 Å². The molecule has 0 aliphatic carbocycles. The standard InChI is InChI=1S/C15H13ClN4/c1-9-10(2)19-15(14(16)18-9)20-13-5-3-4-11-6-7-17-8-12(11)13/h3-8H,1-2H3,(H,19,20). The van der Waals surface area contributed by atoms with Gasteiger partial charge in [0, 0.05) is 23.5 Å². The van der Waals surface area contributed by atoms with E-state index in [0.29, 0.717) is 11.0 Å². The van der Waals surface area contributed by atoms with Gasteiger partial charge in [0.05, 0.1) is 11.4 Å². The number of rotatable bonds is 2. The Morgan fingerprint density at radius 1 is 1.05 bits per heavy atom. The summed E-state index contributed by atoms with van der Waals surface area (Å²) in [6, 6.07) is 7.95. The maximum Gasteiger partial charge on any atom is 0.172 e. The van der Waals surface area contributed by atoms with Crippen molar-refractivity contribution in [2.45, 2.75) is 13.8 Å². The number of hydrogen-bond acceptors (Lipinski definition) is 4. The fraction of sp³-hybridized carbons (Fsp3) is 0.133. The van der Waals surface area contributed by atoms with Gasteiger partial charge in [-0.1, -0.05) is 23.7 Å². The molecule has 0 unspecified atom stereocenters. The lowest BCUT2D eigenvalue weighted by molar-refractivity contribution is 1.05. The van der Waals surface area contributed by atoms with Gasteiger partial charge < -0.3 is 5.32 Å². The van der Waals surface area contributed by atoms with Gasteiger partial charge in [0.15, 0.2) is 11.0 Å². The van der Waals surface area contributed by atoms with E-state index in [0.717, 1.165) is 27.8 Å². The SMILES string of the molecule is Cc1nc(Cl)c(Nc2cccc3ccncc23)nc1C. The van der Waals surface area contributed by atoms with Crippen LogP contribution < -0.4 is 5.32 Å². The fourth-order valence-corrected chi connectivity index (χ4v) is 2.22. The second-order valence-corrected chi connectivity index (χ2v) is 4.92. The molecule has 4 nitrogen and oxygen atoms in total. The van der Waals surface area contributed by atoms with Crippen molar-refractivity contribution < 1.29 is 0 Å². The van der Waals surface area contributed by atoms with Crippen molar-refractivity contribution in [2.75, 3.05) is 5.32 Å². The van der Waals surface area contributed by atoms with Crippen LogP contribution in [-0.4, -0.2) is 15.0 Å². The van der Waals surface area contributed by atoms with E-state index in [4.69, 9.17) is 11.6 Å². The lowest BCUT2D eigenvalue weighted by Crippen LogP contribution is -2.01. The molecule has 0 aliphatic heterocycles. The molecule has 0 aliphatic rings. The first kappa shape index (κ1) is 12.8. The zero-order valence-electron chi connectivity index (χ0n) is 11.2. The number of aromatic nitrogens is 3. The van der Waals surface area contributed by atoms with Crippen molar-refractivity contribution in [3.05, 3.63) is 53.2 Å². The number of pyridine rings is 1. The minimum atomic E-state index is 0.369. The Morgan fingerprint density at radius 3 is 2.70 bits per heavy atom. The maximum absolute atomic E-state index is 6.15. The van der Waals surface area contributed by atoms with E-state index in [-0.39, 0.29) is 0 Å². The normalized spacial score (nSPS) is 10.8. The smallest absolute Gasteiger partial charge is 0.172 e. The Balaban J connectivity index is 2.08. The summed E-state index contributed by atoms with van der Waals surface area (Å²) in [6.45, 7) is 3.80. The summed E-state index contributed by atoms with van der Waals surface area (Å²) in [5.74, 6) is 0.561. The molecule has 1 aromatic carbocycles. The zero-order valence-corrected chi connectivity index (χ0v) is 11.9. The van der Waals surface area contributed by atoms with Crippen LogP contribution >= 0.6 is 11.6 Å². The quantitative estimate of drug-likeness (QED) is 0.771. The lowest BCUT2D eigenvalue weighted by Gasteiger charge is -2.11. The van der Waals surface area contributed by atoms with Crippen LogP contribution in [0.1, 0.15) is 11.4 Å². The molecule has 0 saturated carbocycles. The number of nitrogens with one attached hydrogen (secondary N) is 1. The van der Waals surface area contributed by atoms with Gasteiger partial charge in [0.2, 0.25) is 0 Å².